The fourth-order valence-corrected chi connectivity index (χ4v) is 6.85. The van der Waals surface area contributed by atoms with Crippen LogP contribution >= 0.6 is 0 Å². The Morgan fingerprint density at radius 3 is 2.44 bits per heavy atom. The first-order valence-corrected chi connectivity index (χ1v) is 13.7. The lowest BCUT2D eigenvalue weighted by Gasteiger charge is -2.38. The number of hydrogen-bond donors (Lipinski definition) is 0. The Morgan fingerprint density at radius 1 is 1.00 bits per heavy atom. The molecule has 0 amide bonds. The van der Waals surface area contributed by atoms with Gasteiger partial charge in [0, 0.05) is 30.7 Å². The maximum Gasteiger partial charge on any atom is 0.245 e. The number of aromatic nitrogens is 1. The summed E-state index contributed by atoms with van der Waals surface area (Å²) in [6, 6.07) is 17.5. The van der Waals surface area contributed by atoms with E-state index in [1.54, 1.807) is 19.4 Å². The number of hydrogen-bond acceptors (Lipinski definition) is 5. The third-order valence-electron chi connectivity index (χ3n) is 7.16. The summed E-state index contributed by atoms with van der Waals surface area (Å²) < 4.78 is 34.9. The average Bonchev–Trinajstić information content (AvgIpc) is 3.71. The molecule has 2 heterocycles. The van der Waals surface area contributed by atoms with Crippen molar-refractivity contribution in [1.82, 2.24) is 14.2 Å². The highest BCUT2D eigenvalue weighted by atomic mass is 32.2. The van der Waals surface area contributed by atoms with Crippen molar-refractivity contribution in [2.75, 3.05) is 33.3 Å². The van der Waals surface area contributed by atoms with Gasteiger partial charge in [-0.2, -0.15) is 4.31 Å². The normalized spacial score (nSPS) is 17.9. The minimum absolute atomic E-state index is 0.0433. The zero-order valence-corrected chi connectivity index (χ0v) is 20.6. The number of nitrogens with zero attached hydrogens (tertiary/aromatic N) is 3. The Labute approximate surface area is 202 Å². The van der Waals surface area contributed by atoms with Crippen LogP contribution in [-0.4, -0.2) is 61.9 Å². The molecule has 0 atom stereocenters. The number of fused-ring (bicyclic) bond motifs is 1. The molecule has 6 nitrogen and oxygen atoms in total. The van der Waals surface area contributed by atoms with Gasteiger partial charge in [0.2, 0.25) is 10.0 Å². The fraction of sp³-hybridized carbons (Fsp3) is 0.444. The van der Waals surface area contributed by atoms with E-state index in [9.17, 15) is 8.42 Å². The predicted molar refractivity (Wildman–Crippen MR) is 135 cm³/mol. The summed E-state index contributed by atoms with van der Waals surface area (Å²) >= 11 is 0. The van der Waals surface area contributed by atoms with Crippen molar-refractivity contribution in [3.63, 3.8) is 0 Å². The fourth-order valence-electron chi connectivity index (χ4n) is 4.92. The zero-order valence-electron chi connectivity index (χ0n) is 19.8. The number of pyridine rings is 1. The molecule has 5 rings (SSSR count). The van der Waals surface area contributed by atoms with Crippen molar-refractivity contribution >= 4 is 20.9 Å². The summed E-state index contributed by atoms with van der Waals surface area (Å²) in [6.07, 6.45) is 6.65. The van der Waals surface area contributed by atoms with Crippen LogP contribution in [0.15, 0.2) is 65.7 Å². The second-order valence-corrected chi connectivity index (χ2v) is 11.4. The van der Waals surface area contributed by atoms with Crippen LogP contribution in [0.2, 0.25) is 0 Å². The van der Waals surface area contributed by atoms with Crippen LogP contribution in [0.5, 0.6) is 5.75 Å². The van der Waals surface area contributed by atoms with E-state index in [2.05, 4.69) is 22.0 Å². The lowest BCUT2D eigenvalue weighted by atomic mass is 10.0. The van der Waals surface area contributed by atoms with Crippen LogP contribution in [0.25, 0.3) is 10.9 Å². The molecule has 1 saturated carbocycles. The lowest BCUT2D eigenvalue weighted by Crippen LogP contribution is -2.48. The van der Waals surface area contributed by atoms with Gasteiger partial charge in [-0.05, 0) is 80.9 Å². The summed E-state index contributed by atoms with van der Waals surface area (Å²) in [5, 5.41) is 0.864. The van der Waals surface area contributed by atoms with Gasteiger partial charge in [0.15, 0.2) is 0 Å². The predicted octanol–water partition coefficient (Wildman–Crippen LogP) is 4.35. The molecule has 1 saturated heterocycles. The van der Waals surface area contributed by atoms with E-state index in [0.29, 0.717) is 22.9 Å². The third-order valence-corrected chi connectivity index (χ3v) is 9.11. The van der Waals surface area contributed by atoms with Gasteiger partial charge in [-0.15, -0.1) is 0 Å². The van der Waals surface area contributed by atoms with Crippen molar-refractivity contribution in [2.45, 2.75) is 43.0 Å². The second kappa shape index (κ2) is 10.0. The molecule has 34 heavy (non-hydrogen) atoms. The van der Waals surface area contributed by atoms with Crippen molar-refractivity contribution < 1.29 is 13.2 Å². The minimum atomic E-state index is -3.62. The van der Waals surface area contributed by atoms with E-state index in [0.717, 1.165) is 62.9 Å². The first kappa shape index (κ1) is 23.3. The molecule has 0 N–H and O–H groups in total. The Bertz CT molecular complexity index is 1210. The molecular formula is C27H33N3O3S. The molecule has 1 aliphatic heterocycles. The monoisotopic (exact) mass is 479 g/mol. The number of ether oxygens (including phenoxy) is 1. The van der Waals surface area contributed by atoms with E-state index >= 15 is 0 Å². The number of para-hydroxylation sites is 1. The Balaban J connectivity index is 1.28. The largest absolute Gasteiger partial charge is 0.497 e. The molecule has 7 heteroatoms. The van der Waals surface area contributed by atoms with Gasteiger partial charge in [0.05, 0.1) is 12.6 Å². The Hall–Kier alpha value is -2.48. The Kier molecular flexibility index (Phi) is 6.86. The minimum Gasteiger partial charge on any atom is -0.497 e. The van der Waals surface area contributed by atoms with Crippen LogP contribution in [0.1, 0.15) is 31.2 Å². The molecule has 0 spiro atoms. The van der Waals surface area contributed by atoms with Gasteiger partial charge in [0.1, 0.15) is 10.6 Å². The lowest BCUT2D eigenvalue weighted by molar-refractivity contribution is 0.157. The topological polar surface area (TPSA) is 62.7 Å². The van der Waals surface area contributed by atoms with Crippen molar-refractivity contribution in [3.8, 4) is 5.75 Å². The average molecular weight is 480 g/mol. The molecule has 2 aliphatic rings. The highest BCUT2D eigenvalue weighted by Gasteiger charge is 2.38. The number of methoxy groups -OCH3 is 1. The number of benzene rings is 2. The third kappa shape index (κ3) is 5.11. The SMILES string of the molecule is COc1ccc(CCN2CCC(N(CC3CC3)S(=O)(=O)c3cccc4cccnc34)CC2)cc1. The number of rotatable bonds is 9. The van der Waals surface area contributed by atoms with E-state index in [-0.39, 0.29) is 6.04 Å². The van der Waals surface area contributed by atoms with E-state index in [4.69, 9.17) is 4.74 Å². The van der Waals surface area contributed by atoms with Gasteiger partial charge < -0.3 is 9.64 Å². The van der Waals surface area contributed by atoms with E-state index in [1.807, 2.05) is 40.7 Å². The molecule has 3 aromatic rings. The van der Waals surface area contributed by atoms with Gasteiger partial charge >= 0.3 is 0 Å². The maximum absolute atomic E-state index is 13.9. The summed E-state index contributed by atoms with van der Waals surface area (Å²) in [7, 11) is -1.94. The van der Waals surface area contributed by atoms with Crippen molar-refractivity contribution in [3.05, 3.63) is 66.4 Å². The molecule has 2 aromatic carbocycles. The van der Waals surface area contributed by atoms with Gasteiger partial charge in [-0.3, -0.25) is 4.98 Å². The first-order valence-electron chi connectivity index (χ1n) is 12.3. The number of sulfonamides is 1. The van der Waals surface area contributed by atoms with Gasteiger partial charge in [0.25, 0.3) is 0 Å². The molecule has 1 aromatic heterocycles. The van der Waals surface area contributed by atoms with E-state index in [1.165, 1.54) is 5.56 Å². The van der Waals surface area contributed by atoms with Crippen LogP contribution < -0.4 is 4.74 Å². The Morgan fingerprint density at radius 2 is 1.74 bits per heavy atom. The molecule has 0 radical (unpaired) electrons. The van der Waals surface area contributed by atoms with Gasteiger partial charge in [-0.25, -0.2) is 8.42 Å². The standard InChI is InChI=1S/C27H33N3O3S/c1-33-25-11-9-21(10-12-25)13-17-29-18-14-24(15-19-29)30(20-22-7-8-22)34(31,32)26-6-2-4-23-5-3-16-28-27(23)26/h2-6,9-12,16,22,24H,7-8,13-15,17-20H2,1H3. The van der Waals surface area contributed by atoms with Crippen LogP contribution in [0, 0.1) is 5.92 Å². The van der Waals surface area contributed by atoms with Crippen LogP contribution in [0.3, 0.4) is 0 Å². The summed E-state index contributed by atoms with van der Waals surface area (Å²) in [5.74, 6) is 1.37. The zero-order chi connectivity index (χ0) is 23.5. The number of likely N-dealkylation sites (tertiary alicyclic amines) is 1. The molecule has 180 valence electrons. The van der Waals surface area contributed by atoms with Crippen molar-refractivity contribution in [2.24, 2.45) is 5.92 Å². The van der Waals surface area contributed by atoms with E-state index < -0.39 is 10.0 Å². The highest BCUT2D eigenvalue weighted by molar-refractivity contribution is 7.89. The molecule has 2 fully saturated rings. The quantitative estimate of drug-likeness (QED) is 0.457. The maximum atomic E-state index is 13.9. The highest BCUT2D eigenvalue weighted by Crippen LogP contribution is 2.35. The van der Waals surface area contributed by atoms with Crippen LogP contribution in [-0.2, 0) is 16.4 Å². The molecule has 0 bridgehead atoms. The smallest absolute Gasteiger partial charge is 0.245 e. The summed E-state index contributed by atoms with van der Waals surface area (Å²) in [5.41, 5.74) is 1.87. The number of piperidine rings is 1. The first-order chi connectivity index (χ1) is 16.5. The molecular weight excluding hydrogens is 446 g/mol. The summed E-state index contributed by atoms with van der Waals surface area (Å²) in [4.78, 5) is 7.23. The molecule has 1 aliphatic carbocycles. The summed E-state index contributed by atoms with van der Waals surface area (Å²) in [6.45, 7) is 3.46. The van der Waals surface area contributed by atoms with Gasteiger partial charge in [-0.1, -0.05) is 30.3 Å². The van der Waals surface area contributed by atoms with Crippen molar-refractivity contribution in [1.29, 1.82) is 0 Å². The molecule has 0 unspecified atom stereocenters. The van der Waals surface area contributed by atoms with Crippen LogP contribution in [0.4, 0.5) is 0 Å². The second-order valence-electron chi connectivity index (χ2n) is 9.52.